The summed E-state index contributed by atoms with van der Waals surface area (Å²) in [6.07, 6.45) is 0.381. The first-order valence-corrected chi connectivity index (χ1v) is 6.35. The van der Waals surface area contributed by atoms with Crippen LogP contribution in [0, 0.1) is 0 Å². The van der Waals surface area contributed by atoms with Crippen molar-refractivity contribution in [2.24, 2.45) is 0 Å². The third-order valence-electron chi connectivity index (χ3n) is 2.88. The summed E-state index contributed by atoms with van der Waals surface area (Å²) in [6.45, 7) is 1.99. The standard InChI is InChI=1S/C14H18N2O3/c1-3-7-11(17)13-15-14(19-16-13)12(18-2)10-8-5-4-6-9-10/h4-6,8-9,11-12,17H,3,7H2,1-2H3. The molecule has 0 saturated heterocycles. The van der Waals surface area contributed by atoms with Crippen LogP contribution in [0.5, 0.6) is 0 Å². The number of aliphatic hydroxyl groups excluding tert-OH is 1. The Hall–Kier alpha value is -1.72. The van der Waals surface area contributed by atoms with Crippen LogP contribution in [0.2, 0.25) is 0 Å². The van der Waals surface area contributed by atoms with Gasteiger partial charge in [-0.1, -0.05) is 48.8 Å². The zero-order valence-electron chi connectivity index (χ0n) is 11.1. The van der Waals surface area contributed by atoms with Crippen LogP contribution >= 0.6 is 0 Å². The highest BCUT2D eigenvalue weighted by Crippen LogP contribution is 2.25. The van der Waals surface area contributed by atoms with E-state index in [1.54, 1.807) is 7.11 Å². The van der Waals surface area contributed by atoms with Gasteiger partial charge in [0.05, 0.1) is 0 Å². The molecule has 0 fully saturated rings. The van der Waals surface area contributed by atoms with Gasteiger partial charge in [-0.3, -0.25) is 0 Å². The van der Waals surface area contributed by atoms with E-state index in [1.807, 2.05) is 37.3 Å². The lowest BCUT2D eigenvalue weighted by Crippen LogP contribution is -2.05. The fourth-order valence-corrected chi connectivity index (χ4v) is 1.90. The Morgan fingerprint density at radius 2 is 2.05 bits per heavy atom. The molecule has 2 aromatic rings. The summed E-state index contributed by atoms with van der Waals surface area (Å²) in [5.41, 5.74) is 0.935. The molecule has 102 valence electrons. The minimum atomic E-state index is -0.684. The molecule has 5 heteroatoms. The minimum Gasteiger partial charge on any atom is -0.385 e. The summed E-state index contributed by atoms with van der Waals surface area (Å²) in [4.78, 5) is 4.22. The lowest BCUT2D eigenvalue weighted by atomic mass is 10.1. The largest absolute Gasteiger partial charge is 0.385 e. The molecule has 0 amide bonds. The van der Waals surface area contributed by atoms with Crippen LogP contribution in [-0.4, -0.2) is 22.4 Å². The third kappa shape index (κ3) is 3.19. The molecule has 1 aromatic carbocycles. The van der Waals surface area contributed by atoms with E-state index in [0.717, 1.165) is 12.0 Å². The molecule has 0 radical (unpaired) electrons. The number of benzene rings is 1. The zero-order valence-corrected chi connectivity index (χ0v) is 11.1. The Labute approximate surface area is 112 Å². The van der Waals surface area contributed by atoms with Crippen molar-refractivity contribution in [2.45, 2.75) is 32.0 Å². The lowest BCUT2D eigenvalue weighted by molar-refractivity contribution is 0.105. The summed E-state index contributed by atoms with van der Waals surface area (Å²) in [5, 5.41) is 13.6. The topological polar surface area (TPSA) is 68.4 Å². The number of hydrogen-bond donors (Lipinski definition) is 1. The highest BCUT2D eigenvalue weighted by atomic mass is 16.5. The second-order valence-corrected chi connectivity index (χ2v) is 4.32. The van der Waals surface area contributed by atoms with Crippen molar-refractivity contribution in [2.75, 3.05) is 7.11 Å². The summed E-state index contributed by atoms with van der Waals surface area (Å²) in [7, 11) is 1.59. The van der Waals surface area contributed by atoms with E-state index in [4.69, 9.17) is 9.26 Å². The predicted octanol–water partition coefficient (Wildman–Crippen LogP) is 2.64. The molecule has 0 aliphatic carbocycles. The fourth-order valence-electron chi connectivity index (χ4n) is 1.90. The number of rotatable bonds is 6. The van der Waals surface area contributed by atoms with Gasteiger partial charge >= 0.3 is 0 Å². The van der Waals surface area contributed by atoms with Crippen molar-refractivity contribution in [3.63, 3.8) is 0 Å². The van der Waals surface area contributed by atoms with E-state index >= 15 is 0 Å². The molecular weight excluding hydrogens is 244 g/mol. The molecule has 1 N–H and O–H groups in total. The number of aliphatic hydroxyl groups is 1. The zero-order chi connectivity index (χ0) is 13.7. The Kier molecular flexibility index (Phi) is 4.65. The van der Waals surface area contributed by atoms with Gasteiger partial charge in [-0.05, 0) is 12.0 Å². The first-order chi connectivity index (χ1) is 9.26. The monoisotopic (exact) mass is 262 g/mol. The molecule has 1 heterocycles. The molecule has 2 unspecified atom stereocenters. The molecule has 1 aromatic heterocycles. The Balaban J connectivity index is 2.21. The molecule has 0 spiro atoms. The Morgan fingerprint density at radius 1 is 1.32 bits per heavy atom. The molecule has 0 saturated carbocycles. The van der Waals surface area contributed by atoms with Gasteiger partial charge in [-0.25, -0.2) is 0 Å². The SMILES string of the molecule is CCCC(O)c1noc(C(OC)c2ccccc2)n1. The van der Waals surface area contributed by atoms with Crippen molar-refractivity contribution < 1.29 is 14.4 Å². The number of methoxy groups -OCH3 is 1. The van der Waals surface area contributed by atoms with Crippen LogP contribution in [0.4, 0.5) is 0 Å². The van der Waals surface area contributed by atoms with E-state index in [0.29, 0.717) is 18.1 Å². The average molecular weight is 262 g/mol. The number of ether oxygens (including phenoxy) is 1. The van der Waals surface area contributed by atoms with Crippen molar-refractivity contribution >= 4 is 0 Å². The van der Waals surface area contributed by atoms with Gasteiger partial charge in [-0.2, -0.15) is 4.98 Å². The van der Waals surface area contributed by atoms with Crippen molar-refractivity contribution in [3.05, 3.63) is 47.6 Å². The van der Waals surface area contributed by atoms with E-state index in [1.165, 1.54) is 0 Å². The third-order valence-corrected chi connectivity index (χ3v) is 2.88. The van der Waals surface area contributed by atoms with Gasteiger partial charge < -0.3 is 14.4 Å². The van der Waals surface area contributed by atoms with Gasteiger partial charge in [0, 0.05) is 7.11 Å². The van der Waals surface area contributed by atoms with Gasteiger partial charge in [0.2, 0.25) is 0 Å². The van der Waals surface area contributed by atoms with Gasteiger partial charge in [-0.15, -0.1) is 0 Å². The molecule has 0 aliphatic rings. The van der Waals surface area contributed by atoms with Crippen molar-refractivity contribution in [3.8, 4) is 0 Å². The van der Waals surface area contributed by atoms with E-state index in [9.17, 15) is 5.11 Å². The normalized spacial score (nSPS) is 14.3. The molecular formula is C14H18N2O3. The van der Waals surface area contributed by atoms with Crippen LogP contribution in [0.3, 0.4) is 0 Å². The maximum atomic E-state index is 9.83. The van der Waals surface area contributed by atoms with Gasteiger partial charge in [0.25, 0.3) is 5.89 Å². The van der Waals surface area contributed by atoms with E-state index in [2.05, 4.69) is 10.1 Å². The van der Waals surface area contributed by atoms with Crippen LogP contribution in [-0.2, 0) is 4.74 Å². The first-order valence-electron chi connectivity index (χ1n) is 6.35. The van der Waals surface area contributed by atoms with Crippen molar-refractivity contribution in [1.82, 2.24) is 10.1 Å². The second kappa shape index (κ2) is 6.45. The Bertz CT molecular complexity index is 498. The smallest absolute Gasteiger partial charge is 0.260 e. The van der Waals surface area contributed by atoms with E-state index < -0.39 is 12.2 Å². The number of nitrogens with zero attached hydrogens (tertiary/aromatic N) is 2. The lowest BCUT2D eigenvalue weighted by Gasteiger charge is -2.10. The molecule has 5 nitrogen and oxygen atoms in total. The summed E-state index contributed by atoms with van der Waals surface area (Å²) in [6, 6.07) is 9.64. The molecule has 2 rings (SSSR count). The Morgan fingerprint density at radius 3 is 2.68 bits per heavy atom. The fraction of sp³-hybridized carbons (Fsp3) is 0.429. The highest BCUT2D eigenvalue weighted by molar-refractivity contribution is 5.22. The van der Waals surface area contributed by atoms with Gasteiger partial charge in [0.15, 0.2) is 11.9 Å². The van der Waals surface area contributed by atoms with Crippen LogP contribution < -0.4 is 0 Å². The summed E-state index contributed by atoms with van der Waals surface area (Å²) >= 11 is 0. The predicted molar refractivity (Wildman–Crippen MR) is 69.5 cm³/mol. The highest BCUT2D eigenvalue weighted by Gasteiger charge is 2.22. The summed E-state index contributed by atoms with van der Waals surface area (Å²) in [5.74, 6) is 0.675. The minimum absolute atomic E-state index is 0.315. The van der Waals surface area contributed by atoms with Crippen LogP contribution in [0.25, 0.3) is 0 Å². The molecule has 0 aliphatic heterocycles. The van der Waals surface area contributed by atoms with E-state index in [-0.39, 0.29) is 0 Å². The average Bonchev–Trinajstić information content (AvgIpc) is 2.91. The molecule has 19 heavy (non-hydrogen) atoms. The van der Waals surface area contributed by atoms with Crippen LogP contribution in [0.15, 0.2) is 34.9 Å². The molecule has 0 bridgehead atoms. The maximum absolute atomic E-state index is 9.83. The number of aromatic nitrogens is 2. The van der Waals surface area contributed by atoms with Crippen molar-refractivity contribution in [1.29, 1.82) is 0 Å². The number of hydrogen-bond acceptors (Lipinski definition) is 5. The first kappa shape index (κ1) is 13.7. The second-order valence-electron chi connectivity index (χ2n) is 4.32. The quantitative estimate of drug-likeness (QED) is 0.866. The van der Waals surface area contributed by atoms with Crippen LogP contribution in [0.1, 0.15) is 49.3 Å². The summed E-state index contributed by atoms with van der Waals surface area (Å²) < 4.78 is 10.6. The van der Waals surface area contributed by atoms with Gasteiger partial charge in [0.1, 0.15) is 6.10 Å². The molecule has 2 atom stereocenters. The maximum Gasteiger partial charge on any atom is 0.260 e.